The summed E-state index contributed by atoms with van der Waals surface area (Å²) in [5, 5.41) is 33.2. The Morgan fingerprint density at radius 2 is 0.840 bits per heavy atom. The zero-order chi connectivity index (χ0) is 36.6. The summed E-state index contributed by atoms with van der Waals surface area (Å²) in [4.78, 5) is 12.4. The Morgan fingerprint density at radius 1 is 0.500 bits per heavy atom. The average molecular weight is 706 g/mol. The van der Waals surface area contributed by atoms with E-state index in [9.17, 15) is 20.1 Å². The molecule has 0 aliphatic rings. The smallest absolute Gasteiger partial charge is 0.222 e. The van der Waals surface area contributed by atoms with E-state index in [1.807, 2.05) is 6.08 Å². The highest BCUT2D eigenvalue weighted by molar-refractivity contribution is 5.76. The first kappa shape index (κ1) is 48.8. The summed E-state index contributed by atoms with van der Waals surface area (Å²) in [7, 11) is 0. The predicted molar refractivity (Wildman–Crippen MR) is 218 cm³/mol. The third-order valence-corrected chi connectivity index (χ3v) is 10.2. The van der Waals surface area contributed by atoms with Gasteiger partial charge in [-0.15, -0.1) is 0 Å². The molecule has 5 nitrogen and oxygen atoms in total. The van der Waals surface area contributed by atoms with Crippen LogP contribution >= 0.6 is 0 Å². The molecule has 0 rings (SSSR count). The molecule has 0 spiro atoms. The van der Waals surface area contributed by atoms with Crippen LogP contribution in [0.3, 0.4) is 0 Å². The number of amides is 1. The lowest BCUT2D eigenvalue weighted by molar-refractivity contribution is -0.124. The third-order valence-electron chi connectivity index (χ3n) is 10.2. The van der Waals surface area contributed by atoms with Gasteiger partial charge >= 0.3 is 0 Å². The van der Waals surface area contributed by atoms with E-state index in [1.165, 1.54) is 167 Å². The second kappa shape index (κ2) is 40.6. The fourth-order valence-corrected chi connectivity index (χ4v) is 6.81. The fourth-order valence-electron chi connectivity index (χ4n) is 6.81. The van der Waals surface area contributed by atoms with Crippen LogP contribution in [0.1, 0.15) is 232 Å². The average Bonchev–Trinajstić information content (AvgIpc) is 3.11. The van der Waals surface area contributed by atoms with Gasteiger partial charge in [-0.2, -0.15) is 0 Å². The molecule has 296 valence electrons. The predicted octanol–water partition coefficient (Wildman–Crippen LogP) is 12.6. The summed E-state index contributed by atoms with van der Waals surface area (Å²) in [6, 6.07) is -0.744. The maximum atomic E-state index is 12.4. The number of hydrogen-bond donors (Lipinski definition) is 4. The third kappa shape index (κ3) is 36.6. The van der Waals surface area contributed by atoms with Crippen LogP contribution in [0.15, 0.2) is 24.3 Å². The van der Waals surface area contributed by atoms with Crippen LogP contribution < -0.4 is 5.32 Å². The lowest BCUT2D eigenvalue weighted by Crippen LogP contribution is -2.45. The van der Waals surface area contributed by atoms with Crippen LogP contribution in [-0.4, -0.2) is 46.1 Å². The standard InChI is InChI=1S/C45H87NO4/c1-3-5-7-9-11-13-15-17-19-20-21-22-23-25-27-29-31-33-35-37-39-44(49)43(41-47)46-45(50)40-42(48)38-36-34-32-30-28-26-24-18-16-14-12-10-8-6-4-2/h18,24,37,39,42-44,47-49H,3-17,19-23,25-36,38,40-41H2,1-2H3,(H,46,50)/b24-18-,39-37+. The summed E-state index contributed by atoms with van der Waals surface area (Å²) in [5.74, 6) is -0.319. The van der Waals surface area contributed by atoms with Gasteiger partial charge < -0.3 is 20.6 Å². The van der Waals surface area contributed by atoms with E-state index in [-0.39, 0.29) is 18.9 Å². The molecule has 3 unspecified atom stereocenters. The Morgan fingerprint density at radius 3 is 1.22 bits per heavy atom. The molecular formula is C45H87NO4. The number of hydrogen-bond acceptors (Lipinski definition) is 4. The highest BCUT2D eigenvalue weighted by Gasteiger charge is 2.20. The highest BCUT2D eigenvalue weighted by Crippen LogP contribution is 2.16. The van der Waals surface area contributed by atoms with Gasteiger partial charge in [-0.05, 0) is 44.9 Å². The number of aliphatic hydroxyl groups excluding tert-OH is 3. The maximum absolute atomic E-state index is 12.4. The van der Waals surface area contributed by atoms with E-state index in [4.69, 9.17) is 0 Å². The van der Waals surface area contributed by atoms with Crippen molar-refractivity contribution in [3.05, 3.63) is 24.3 Å². The van der Waals surface area contributed by atoms with Crippen molar-refractivity contribution in [2.24, 2.45) is 0 Å². The van der Waals surface area contributed by atoms with E-state index in [0.717, 1.165) is 38.5 Å². The molecule has 4 N–H and O–H groups in total. The van der Waals surface area contributed by atoms with Crippen molar-refractivity contribution in [2.45, 2.75) is 250 Å². The number of allylic oxidation sites excluding steroid dienone is 3. The maximum Gasteiger partial charge on any atom is 0.222 e. The van der Waals surface area contributed by atoms with Crippen LogP contribution in [0, 0.1) is 0 Å². The molecular weight excluding hydrogens is 618 g/mol. The van der Waals surface area contributed by atoms with Crippen LogP contribution in [0.5, 0.6) is 0 Å². The van der Waals surface area contributed by atoms with Crippen molar-refractivity contribution in [2.75, 3.05) is 6.61 Å². The van der Waals surface area contributed by atoms with E-state index in [2.05, 4.69) is 31.3 Å². The summed E-state index contributed by atoms with van der Waals surface area (Å²) < 4.78 is 0. The Kier molecular flexibility index (Phi) is 39.6. The fraction of sp³-hybridized carbons (Fsp3) is 0.889. The van der Waals surface area contributed by atoms with Gasteiger partial charge in [-0.1, -0.05) is 205 Å². The van der Waals surface area contributed by atoms with Gasteiger partial charge in [0.2, 0.25) is 5.91 Å². The summed E-state index contributed by atoms with van der Waals surface area (Å²) in [6.45, 7) is 4.21. The zero-order valence-corrected chi connectivity index (χ0v) is 33.5. The Labute approximate surface area is 312 Å². The Hall–Kier alpha value is -1.17. The zero-order valence-electron chi connectivity index (χ0n) is 33.5. The van der Waals surface area contributed by atoms with Gasteiger partial charge in [0, 0.05) is 0 Å². The van der Waals surface area contributed by atoms with Crippen molar-refractivity contribution in [1.29, 1.82) is 0 Å². The molecule has 1 amide bonds. The molecule has 0 aliphatic heterocycles. The van der Waals surface area contributed by atoms with E-state index >= 15 is 0 Å². The first-order valence-corrected chi connectivity index (χ1v) is 22.1. The largest absolute Gasteiger partial charge is 0.394 e. The minimum absolute atomic E-state index is 0.00956. The molecule has 0 aromatic heterocycles. The van der Waals surface area contributed by atoms with Gasteiger partial charge in [-0.3, -0.25) is 4.79 Å². The molecule has 5 heteroatoms. The summed E-state index contributed by atoms with van der Waals surface area (Å²) >= 11 is 0. The first-order valence-electron chi connectivity index (χ1n) is 22.1. The SMILES string of the molecule is CCCCCCCC/C=C\CCCCCCCC(O)CC(=O)NC(CO)C(O)/C=C/CCCCCCCCCCCCCCCCCCCC. The minimum atomic E-state index is -0.929. The van der Waals surface area contributed by atoms with Crippen LogP contribution in [0.2, 0.25) is 0 Å². The van der Waals surface area contributed by atoms with Crippen LogP contribution in [-0.2, 0) is 4.79 Å². The molecule has 3 atom stereocenters. The van der Waals surface area contributed by atoms with Crippen molar-refractivity contribution in [1.82, 2.24) is 5.32 Å². The van der Waals surface area contributed by atoms with Crippen molar-refractivity contribution in [3.63, 3.8) is 0 Å². The monoisotopic (exact) mass is 706 g/mol. The molecule has 0 saturated heterocycles. The molecule has 0 aliphatic carbocycles. The number of aliphatic hydroxyl groups is 3. The number of unbranched alkanes of at least 4 members (excludes halogenated alkanes) is 29. The van der Waals surface area contributed by atoms with Gasteiger partial charge in [0.1, 0.15) is 0 Å². The van der Waals surface area contributed by atoms with Crippen molar-refractivity contribution < 1.29 is 20.1 Å². The number of carbonyl (C=O) groups excluding carboxylic acids is 1. The van der Waals surface area contributed by atoms with Crippen molar-refractivity contribution >= 4 is 5.91 Å². The molecule has 0 fully saturated rings. The van der Waals surface area contributed by atoms with Crippen LogP contribution in [0.4, 0.5) is 0 Å². The van der Waals surface area contributed by atoms with Gasteiger partial charge in [0.25, 0.3) is 0 Å². The normalized spacial score (nSPS) is 13.8. The lowest BCUT2D eigenvalue weighted by atomic mass is 10.0. The minimum Gasteiger partial charge on any atom is -0.394 e. The number of carbonyl (C=O) groups is 1. The van der Waals surface area contributed by atoms with Gasteiger partial charge in [0.05, 0.1) is 31.3 Å². The van der Waals surface area contributed by atoms with E-state index in [0.29, 0.717) is 6.42 Å². The first-order chi connectivity index (χ1) is 24.5. The van der Waals surface area contributed by atoms with Gasteiger partial charge in [0.15, 0.2) is 0 Å². The molecule has 0 saturated carbocycles. The highest BCUT2D eigenvalue weighted by atomic mass is 16.3. The quantitative estimate of drug-likeness (QED) is 0.0377. The molecule has 0 aromatic rings. The summed E-state index contributed by atoms with van der Waals surface area (Å²) in [6.07, 6.45) is 48.9. The Balaban J connectivity index is 3.66. The van der Waals surface area contributed by atoms with E-state index in [1.54, 1.807) is 6.08 Å². The molecule has 0 bridgehead atoms. The summed E-state index contributed by atoms with van der Waals surface area (Å²) in [5.41, 5.74) is 0. The second-order valence-electron chi connectivity index (χ2n) is 15.3. The molecule has 0 heterocycles. The van der Waals surface area contributed by atoms with E-state index < -0.39 is 18.2 Å². The topological polar surface area (TPSA) is 89.8 Å². The molecule has 0 radical (unpaired) electrons. The van der Waals surface area contributed by atoms with Crippen molar-refractivity contribution in [3.8, 4) is 0 Å². The molecule has 0 aromatic carbocycles. The number of nitrogens with one attached hydrogen (secondary N) is 1. The number of rotatable bonds is 40. The molecule has 50 heavy (non-hydrogen) atoms. The van der Waals surface area contributed by atoms with Crippen LogP contribution in [0.25, 0.3) is 0 Å². The second-order valence-corrected chi connectivity index (χ2v) is 15.3. The Bertz CT molecular complexity index is 739. The van der Waals surface area contributed by atoms with Gasteiger partial charge in [-0.25, -0.2) is 0 Å². The lowest BCUT2D eigenvalue weighted by Gasteiger charge is -2.21.